The second kappa shape index (κ2) is 5.41. The van der Waals surface area contributed by atoms with Crippen molar-refractivity contribution >= 4 is 30.3 Å². The van der Waals surface area contributed by atoms with Gasteiger partial charge in [0.05, 0.1) is 12.9 Å². The van der Waals surface area contributed by atoms with E-state index in [1.807, 2.05) is 0 Å². The molecule has 0 saturated carbocycles. The van der Waals surface area contributed by atoms with E-state index in [0.717, 1.165) is 6.16 Å². The van der Waals surface area contributed by atoms with Gasteiger partial charge in [-0.15, -0.1) is 13.2 Å². The number of nitrogens with two attached hydrogens (primary N) is 1. The van der Waals surface area contributed by atoms with Gasteiger partial charge >= 0.3 is 0 Å². The van der Waals surface area contributed by atoms with E-state index < -0.39 is 36.5 Å². The number of aliphatic hydroxyl groups is 1. The molecule has 2 aromatic heterocycles. The summed E-state index contributed by atoms with van der Waals surface area (Å²) in [4.78, 5) is 22.6. The van der Waals surface area contributed by atoms with Gasteiger partial charge < -0.3 is 20.3 Å². The van der Waals surface area contributed by atoms with Gasteiger partial charge in [0.25, 0.3) is 5.56 Å². The molecule has 2 bridgehead atoms. The fourth-order valence-electron chi connectivity index (χ4n) is 3.48. The van der Waals surface area contributed by atoms with Crippen LogP contribution in [0.2, 0.25) is 0 Å². The molecule has 25 heavy (non-hydrogen) atoms. The van der Waals surface area contributed by atoms with Gasteiger partial charge in [0.2, 0.25) is 5.95 Å². The molecular formula is C15H22N5O4P. The highest BCUT2D eigenvalue weighted by atomic mass is 31.2. The van der Waals surface area contributed by atoms with Crippen molar-refractivity contribution in [2.75, 3.05) is 31.8 Å². The number of aliphatic hydroxyl groups excluding tert-OH is 1. The van der Waals surface area contributed by atoms with Crippen LogP contribution in [-0.2, 0) is 9.47 Å². The zero-order chi connectivity index (χ0) is 18.0. The highest BCUT2D eigenvalue weighted by Crippen LogP contribution is 2.49. The maximum absolute atomic E-state index is 12.0. The van der Waals surface area contributed by atoms with Crippen molar-refractivity contribution in [3.8, 4) is 0 Å². The summed E-state index contributed by atoms with van der Waals surface area (Å²) in [6.45, 7) is 3.39. The number of anilines is 1. The Morgan fingerprint density at radius 3 is 3.08 bits per heavy atom. The summed E-state index contributed by atoms with van der Waals surface area (Å²) in [5.74, 6) is 0.00203. The minimum absolute atomic E-state index is 0.00203. The van der Waals surface area contributed by atoms with Crippen LogP contribution in [0.3, 0.4) is 0 Å². The predicted molar refractivity (Wildman–Crippen MR) is 96.5 cm³/mol. The van der Waals surface area contributed by atoms with Gasteiger partial charge in [0, 0.05) is 0 Å². The fourth-order valence-corrected chi connectivity index (χ4v) is 4.46. The quantitative estimate of drug-likeness (QED) is 0.640. The molecular weight excluding hydrogens is 345 g/mol. The van der Waals surface area contributed by atoms with Crippen molar-refractivity contribution in [3.05, 3.63) is 16.7 Å². The standard InChI is InChI=1S/C15H22N5O4P/c1-25(2,3)5-4-15-6-23-9(10(15)21)13(24-15)20-7-17-8-11(20)18-14(16)19-12(8)22/h7,9-10,13,21H,1,4-6H2,2-3H3,(H3,16,18,19,22)/t9-,10+,13-,15+/m1/s1. The smallest absolute Gasteiger partial charge is 0.280 e. The zero-order valence-electron chi connectivity index (χ0n) is 14.2. The van der Waals surface area contributed by atoms with E-state index >= 15 is 0 Å². The largest absolute Gasteiger partial charge is 0.387 e. The van der Waals surface area contributed by atoms with Gasteiger partial charge in [-0.25, -0.2) is 4.98 Å². The highest BCUT2D eigenvalue weighted by Gasteiger charge is 2.61. The van der Waals surface area contributed by atoms with E-state index in [2.05, 4.69) is 34.6 Å². The van der Waals surface area contributed by atoms with Crippen molar-refractivity contribution in [2.45, 2.75) is 30.5 Å². The van der Waals surface area contributed by atoms with E-state index in [0.29, 0.717) is 18.7 Å². The van der Waals surface area contributed by atoms with Crippen LogP contribution in [0.25, 0.3) is 11.2 Å². The first-order valence-corrected chi connectivity index (χ1v) is 11.1. The number of hydrogen-bond acceptors (Lipinski definition) is 7. The molecule has 0 unspecified atom stereocenters. The van der Waals surface area contributed by atoms with Crippen LogP contribution in [0.15, 0.2) is 11.1 Å². The molecule has 2 aliphatic rings. The van der Waals surface area contributed by atoms with Gasteiger partial charge in [0.1, 0.15) is 17.8 Å². The molecule has 2 saturated heterocycles. The number of rotatable bonds is 4. The molecule has 0 spiro atoms. The Kier molecular flexibility index (Phi) is 3.63. The lowest BCUT2D eigenvalue weighted by Crippen LogP contribution is -2.41. The Bertz CT molecular complexity index is 934. The summed E-state index contributed by atoms with van der Waals surface area (Å²) >= 11 is 0. The van der Waals surface area contributed by atoms with Gasteiger partial charge in [-0.3, -0.25) is 14.3 Å². The average molecular weight is 367 g/mol. The van der Waals surface area contributed by atoms with Crippen molar-refractivity contribution in [1.29, 1.82) is 0 Å². The third kappa shape index (κ3) is 2.62. The van der Waals surface area contributed by atoms with Crippen LogP contribution in [0.1, 0.15) is 12.6 Å². The number of H-pyrrole nitrogens is 1. The van der Waals surface area contributed by atoms with Crippen molar-refractivity contribution in [3.63, 3.8) is 0 Å². The summed E-state index contributed by atoms with van der Waals surface area (Å²) in [6.07, 6.45) is 5.37. The molecule has 10 heteroatoms. The molecule has 4 heterocycles. The fraction of sp³-hybridized carbons (Fsp3) is 0.600. The molecule has 136 valence electrons. The molecule has 4 atom stereocenters. The van der Waals surface area contributed by atoms with Gasteiger partial charge in [-0.1, -0.05) is 0 Å². The predicted octanol–water partition coefficient (Wildman–Crippen LogP) is -0.172. The van der Waals surface area contributed by atoms with Crippen LogP contribution in [0.5, 0.6) is 0 Å². The summed E-state index contributed by atoms with van der Waals surface area (Å²) in [7, 11) is 0. The molecule has 0 aliphatic carbocycles. The number of nitrogens with one attached hydrogen (secondary N) is 1. The number of nitrogen functional groups attached to an aromatic ring is 1. The van der Waals surface area contributed by atoms with Crippen LogP contribution in [-0.4, -0.2) is 74.8 Å². The van der Waals surface area contributed by atoms with Crippen molar-refractivity contribution in [1.82, 2.24) is 19.5 Å². The molecule has 2 fully saturated rings. The number of aromatic amines is 1. The van der Waals surface area contributed by atoms with Crippen LogP contribution >= 0.6 is 6.89 Å². The summed E-state index contributed by atoms with van der Waals surface area (Å²) in [6, 6.07) is 0. The summed E-state index contributed by atoms with van der Waals surface area (Å²) < 4.78 is 13.6. The molecule has 4 N–H and O–H groups in total. The van der Waals surface area contributed by atoms with E-state index in [1.165, 1.54) is 6.33 Å². The Balaban J connectivity index is 1.70. The van der Waals surface area contributed by atoms with E-state index in [1.54, 1.807) is 4.57 Å². The number of imidazole rings is 1. The SMILES string of the molecule is C=P(C)(C)CC[C@@]12CO[C@@H]([C@H](n3cnc4c(=O)[nH]c(N)nc43)O1)[C@@H]2O. The van der Waals surface area contributed by atoms with E-state index in [4.69, 9.17) is 15.2 Å². The second-order valence-corrected chi connectivity index (χ2v) is 11.8. The maximum atomic E-state index is 12.0. The first kappa shape index (κ1) is 16.8. The average Bonchev–Trinajstić information content (AvgIpc) is 3.15. The topological polar surface area (TPSA) is 128 Å². The number of aromatic nitrogens is 4. The lowest BCUT2D eigenvalue weighted by atomic mass is 9.96. The number of hydrogen-bond donors (Lipinski definition) is 3. The maximum Gasteiger partial charge on any atom is 0.280 e. The number of nitrogens with zero attached hydrogens (tertiary/aromatic N) is 3. The molecule has 0 radical (unpaired) electrons. The van der Waals surface area contributed by atoms with Crippen LogP contribution in [0, 0.1) is 0 Å². The highest BCUT2D eigenvalue weighted by molar-refractivity contribution is 7.72. The Labute approximate surface area is 144 Å². The van der Waals surface area contributed by atoms with Crippen molar-refractivity contribution < 1.29 is 14.6 Å². The second-order valence-electron chi connectivity index (χ2n) is 7.48. The molecule has 0 amide bonds. The lowest BCUT2D eigenvalue weighted by molar-refractivity contribution is -0.172. The van der Waals surface area contributed by atoms with Crippen molar-refractivity contribution in [2.24, 2.45) is 0 Å². The van der Waals surface area contributed by atoms with Crippen LogP contribution < -0.4 is 11.3 Å². The lowest BCUT2D eigenvalue weighted by Gasteiger charge is -2.32. The molecule has 2 aromatic rings. The normalized spacial score (nSPS) is 31.9. The number of fused-ring (bicyclic) bond motifs is 3. The molecule has 2 aliphatic heterocycles. The Morgan fingerprint density at radius 2 is 2.36 bits per heavy atom. The Hall–Kier alpha value is -1.67. The first-order chi connectivity index (χ1) is 11.7. The van der Waals surface area contributed by atoms with E-state index in [-0.39, 0.29) is 11.5 Å². The minimum Gasteiger partial charge on any atom is -0.387 e. The zero-order valence-corrected chi connectivity index (χ0v) is 15.1. The molecule has 4 rings (SSSR count). The Morgan fingerprint density at radius 1 is 1.60 bits per heavy atom. The monoisotopic (exact) mass is 367 g/mol. The minimum atomic E-state index is -1.25. The molecule has 0 aromatic carbocycles. The van der Waals surface area contributed by atoms with Gasteiger partial charge in [0.15, 0.2) is 17.4 Å². The summed E-state index contributed by atoms with van der Waals surface area (Å²) in [5.41, 5.74) is 4.96. The third-order valence-corrected chi connectivity index (χ3v) is 6.31. The molecule has 9 nitrogen and oxygen atoms in total. The van der Waals surface area contributed by atoms with E-state index in [9.17, 15) is 9.90 Å². The third-order valence-electron chi connectivity index (χ3n) is 4.87. The summed E-state index contributed by atoms with van der Waals surface area (Å²) in [5, 5.41) is 10.7. The van der Waals surface area contributed by atoms with Gasteiger partial charge in [-0.05, 0) is 25.9 Å². The number of ether oxygens (including phenoxy) is 2. The van der Waals surface area contributed by atoms with Gasteiger partial charge in [-0.2, -0.15) is 4.98 Å². The first-order valence-electron chi connectivity index (χ1n) is 8.07. The van der Waals surface area contributed by atoms with Crippen LogP contribution in [0.4, 0.5) is 5.95 Å².